The first-order chi connectivity index (χ1) is 13.5. The standard InChI is InChI=1S/C27H48O/c1-5-7-8-9-10-11-12-13-14-15-16-18-25(17-6-2)26(28)23-27(4)21-19-24(3)20-22-27/h6,19,25H,2,5,7-18,20-23H2,1,3-4H3. The molecule has 2 atom stereocenters. The van der Waals surface area contributed by atoms with Crippen molar-refractivity contribution in [2.75, 3.05) is 0 Å². The molecule has 2 unspecified atom stereocenters. The van der Waals surface area contributed by atoms with Crippen LogP contribution in [0.1, 0.15) is 130 Å². The number of carbonyl (C=O) groups excluding carboxylic acids is 1. The van der Waals surface area contributed by atoms with Gasteiger partial charge in [0.1, 0.15) is 5.78 Å². The van der Waals surface area contributed by atoms with Crippen molar-refractivity contribution < 1.29 is 4.79 Å². The van der Waals surface area contributed by atoms with Crippen molar-refractivity contribution in [1.82, 2.24) is 0 Å². The number of allylic oxidation sites excluding steroid dienone is 3. The van der Waals surface area contributed by atoms with E-state index in [2.05, 4.69) is 33.4 Å². The lowest BCUT2D eigenvalue weighted by Crippen LogP contribution is -2.26. The molecule has 0 aromatic carbocycles. The van der Waals surface area contributed by atoms with Gasteiger partial charge in [0, 0.05) is 12.3 Å². The topological polar surface area (TPSA) is 17.1 Å². The van der Waals surface area contributed by atoms with Gasteiger partial charge in [-0.1, -0.05) is 102 Å². The summed E-state index contributed by atoms with van der Waals surface area (Å²) in [6.07, 6.45) is 25.4. The first kappa shape index (κ1) is 25.2. The van der Waals surface area contributed by atoms with E-state index in [0.717, 1.165) is 32.1 Å². The molecule has 1 heteroatoms. The lowest BCUT2D eigenvalue weighted by Gasteiger charge is -2.33. The molecule has 0 N–H and O–H groups in total. The van der Waals surface area contributed by atoms with Gasteiger partial charge in [0.25, 0.3) is 0 Å². The van der Waals surface area contributed by atoms with Crippen LogP contribution in [0.3, 0.4) is 0 Å². The maximum atomic E-state index is 12.9. The van der Waals surface area contributed by atoms with Gasteiger partial charge in [-0.05, 0) is 44.4 Å². The molecule has 0 spiro atoms. The van der Waals surface area contributed by atoms with Gasteiger partial charge in [0.15, 0.2) is 0 Å². The molecule has 162 valence electrons. The zero-order chi connectivity index (χ0) is 20.7. The van der Waals surface area contributed by atoms with Crippen molar-refractivity contribution in [2.24, 2.45) is 11.3 Å². The lowest BCUT2D eigenvalue weighted by atomic mass is 9.71. The first-order valence-electron chi connectivity index (χ1n) is 12.3. The van der Waals surface area contributed by atoms with Gasteiger partial charge in [-0.2, -0.15) is 0 Å². The van der Waals surface area contributed by atoms with Gasteiger partial charge in [-0.3, -0.25) is 4.79 Å². The predicted molar refractivity (Wildman–Crippen MR) is 125 cm³/mol. The predicted octanol–water partition coefficient (Wildman–Crippen LogP) is 8.98. The van der Waals surface area contributed by atoms with Crippen LogP contribution < -0.4 is 0 Å². The molecule has 1 rings (SSSR count). The summed E-state index contributed by atoms with van der Waals surface area (Å²) in [6.45, 7) is 10.7. The second-order valence-corrected chi connectivity index (χ2v) is 9.75. The molecule has 1 nitrogen and oxygen atoms in total. The number of Topliss-reactive ketones (excluding diaryl/α,β-unsaturated/α-hetero) is 1. The Morgan fingerprint density at radius 2 is 1.64 bits per heavy atom. The zero-order valence-electron chi connectivity index (χ0n) is 19.4. The molecule has 0 fully saturated rings. The van der Waals surface area contributed by atoms with Crippen molar-refractivity contribution in [1.29, 1.82) is 0 Å². The van der Waals surface area contributed by atoms with Crippen LogP contribution >= 0.6 is 0 Å². The van der Waals surface area contributed by atoms with Gasteiger partial charge < -0.3 is 0 Å². The highest BCUT2D eigenvalue weighted by atomic mass is 16.1. The maximum absolute atomic E-state index is 12.9. The van der Waals surface area contributed by atoms with E-state index < -0.39 is 0 Å². The summed E-state index contributed by atoms with van der Waals surface area (Å²) in [5.74, 6) is 0.697. The summed E-state index contributed by atoms with van der Waals surface area (Å²) < 4.78 is 0. The largest absolute Gasteiger partial charge is 0.299 e. The molecular weight excluding hydrogens is 340 g/mol. The van der Waals surface area contributed by atoms with Crippen molar-refractivity contribution in [3.8, 4) is 0 Å². The third-order valence-electron chi connectivity index (χ3n) is 6.73. The minimum atomic E-state index is 0.188. The minimum Gasteiger partial charge on any atom is -0.299 e. The average Bonchev–Trinajstić information content (AvgIpc) is 2.67. The molecule has 1 aliphatic carbocycles. The molecular formula is C27H48O. The van der Waals surface area contributed by atoms with E-state index in [1.54, 1.807) is 0 Å². The van der Waals surface area contributed by atoms with Crippen LogP contribution in [0.2, 0.25) is 0 Å². The van der Waals surface area contributed by atoms with Crippen LogP contribution in [-0.2, 0) is 4.79 Å². The zero-order valence-corrected chi connectivity index (χ0v) is 19.4. The van der Waals surface area contributed by atoms with Crippen molar-refractivity contribution >= 4 is 5.78 Å². The fraction of sp³-hybridized carbons (Fsp3) is 0.815. The normalized spacial score (nSPS) is 20.6. The molecule has 0 aromatic heterocycles. The van der Waals surface area contributed by atoms with Crippen LogP contribution in [0.25, 0.3) is 0 Å². The Kier molecular flexibility index (Phi) is 13.5. The van der Waals surface area contributed by atoms with E-state index in [9.17, 15) is 4.79 Å². The third kappa shape index (κ3) is 11.2. The maximum Gasteiger partial charge on any atom is 0.136 e. The Morgan fingerprint density at radius 1 is 1.07 bits per heavy atom. The average molecular weight is 389 g/mol. The Morgan fingerprint density at radius 3 is 2.14 bits per heavy atom. The molecule has 0 aliphatic heterocycles. The molecule has 0 heterocycles. The Bertz CT molecular complexity index is 461. The van der Waals surface area contributed by atoms with Crippen LogP contribution in [0.5, 0.6) is 0 Å². The Hall–Kier alpha value is -0.850. The van der Waals surface area contributed by atoms with Crippen LogP contribution in [-0.4, -0.2) is 5.78 Å². The van der Waals surface area contributed by atoms with Crippen LogP contribution in [0.4, 0.5) is 0 Å². The summed E-state index contributed by atoms with van der Waals surface area (Å²) in [5, 5.41) is 0. The number of rotatable bonds is 17. The number of unbranched alkanes of at least 4 members (excludes halogenated alkanes) is 10. The van der Waals surface area contributed by atoms with Crippen LogP contribution in [0.15, 0.2) is 24.3 Å². The van der Waals surface area contributed by atoms with E-state index in [1.165, 1.54) is 82.6 Å². The number of hydrogen-bond acceptors (Lipinski definition) is 1. The van der Waals surface area contributed by atoms with E-state index in [1.807, 2.05) is 6.08 Å². The quantitative estimate of drug-likeness (QED) is 0.179. The van der Waals surface area contributed by atoms with Gasteiger partial charge in [0.2, 0.25) is 0 Å². The second-order valence-electron chi connectivity index (χ2n) is 9.75. The second kappa shape index (κ2) is 15.1. The van der Waals surface area contributed by atoms with E-state index >= 15 is 0 Å². The molecule has 0 radical (unpaired) electrons. The highest BCUT2D eigenvalue weighted by Crippen LogP contribution is 2.39. The van der Waals surface area contributed by atoms with Crippen molar-refractivity contribution in [2.45, 2.75) is 130 Å². The Balaban J connectivity index is 2.17. The third-order valence-corrected chi connectivity index (χ3v) is 6.73. The molecule has 0 saturated carbocycles. The van der Waals surface area contributed by atoms with E-state index in [-0.39, 0.29) is 11.3 Å². The monoisotopic (exact) mass is 388 g/mol. The Labute approximate surface area is 176 Å². The van der Waals surface area contributed by atoms with Gasteiger partial charge in [-0.15, -0.1) is 6.58 Å². The van der Waals surface area contributed by atoms with E-state index in [0.29, 0.717) is 5.78 Å². The fourth-order valence-electron chi connectivity index (χ4n) is 4.52. The summed E-state index contributed by atoms with van der Waals surface area (Å²) in [6, 6.07) is 0. The summed E-state index contributed by atoms with van der Waals surface area (Å²) in [7, 11) is 0. The van der Waals surface area contributed by atoms with E-state index in [4.69, 9.17) is 0 Å². The fourth-order valence-corrected chi connectivity index (χ4v) is 4.52. The number of hydrogen-bond donors (Lipinski definition) is 0. The lowest BCUT2D eigenvalue weighted by molar-refractivity contribution is -0.125. The summed E-state index contributed by atoms with van der Waals surface area (Å²) in [5.41, 5.74) is 1.68. The van der Waals surface area contributed by atoms with Crippen molar-refractivity contribution in [3.05, 3.63) is 24.3 Å². The number of ketones is 1. The minimum absolute atomic E-state index is 0.188. The summed E-state index contributed by atoms with van der Waals surface area (Å²) in [4.78, 5) is 12.9. The number of carbonyl (C=O) groups is 1. The molecule has 0 bridgehead atoms. The highest BCUT2D eigenvalue weighted by Gasteiger charge is 2.31. The molecule has 0 amide bonds. The van der Waals surface area contributed by atoms with Gasteiger partial charge in [-0.25, -0.2) is 0 Å². The van der Waals surface area contributed by atoms with Gasteiger partial charge >= 0.3 is 0 Å². The molecule has 1 aliphatic rings. The smallest absolute Gasteiger partial charge is 0.136 e. The SMILES string of the molecule is C=CCC(CCCCCCCCCCCCC)C(=O)CC1(C)CC=C(C)CC1. The van der Waals surface area contributed by atoms with Crippen molar-refractivity contribution in [3.63, 3.8) is 0 Å². The molecule has 0 aromatic rings. The van der Waals surface area contributed by atoms with Crippen LogP contribution in [0, 0.1) is 11.3 Å². The first-order valence-corrected chi connectivity index (χ1v) is 12.3. The van der Waals surface area contributed by atoms with Gasteiger partial charge in [0.05, 0.1) is 0 Å². The molecule has 28 heavy (non-hydrogen) atoms. The summed E-state index contributed by atoms with van der Waals surface area (Å²) >= 11 is 0. The highest BCUT2D eigenvalue weighted by molar-refractivity contribution is 5.81. The molecule has 0 saturated heterocycles.